The Hall–Kier alpha value is -1.84. The largest absolute Gasteiger partial charge is 0.387 e. The van der Waals surface area contributed by atoms with Gasteiger partial charge in [-0.15, -0.1) is 0 Å². The van der Waals surface area contributed by atoms with Crippen molar-refractivity contribution in [1.29, 1.82) is 0 Å². The lowest BCUT2D eigenvalue weighted by Gasteiger charge is -2.13. The molecule has 0 radical (unpaired) electrons. The van der Waals surface area contributed by atoms with Gasteiger partial charge in [0.2, 0.25) is 0 Å². The summed E-state index contributed by atoms with van der Waals surface area (Å²) in [4.78, 5) is 12.0. The van der Waals surface area contributed by atoms with E-state index in [1.807, 2.05) is 43.3 Å². The molecule has 4 heteroatoms. The first kappa shape index (κ1) is 14.6. The zero-order chi connectivity index (χ0) is 14.5. The van der Waals surface area contributed by atoms with E-state index >= 15 is 0 Å². The number of amides is 1. The van der Waals surface area contributed by atoms with Crippen LogP contribution in [0.5, 0.6) is 0 Å². The molecule has 2 N–H and O–H groups in total. The predicted molar refractivity (Wildman–Crippen MR) is 79.9 cm³/mol. The molecule has 104 valence electrons. The molecule has 20 heavy (non-hydrogen) atoms. The summed E-state index contributed by atoms with van der Waals surface area (Å²) in [6, 6.07) is 14.4. The third-order valence-corrected chi connectivity index (χ3v) is 3.32. The summed E-state index contributed by atoms with van der Waals surface area (Å²) >= 11 is 6.03. The topological polar surface area (TPSA) is 49.3 Å². The molecule has 1 atom stereocenters. The summed E-state index contributed by atoms with van der Waals surface area (Å²) in [6.07, 6.45) is -0.732. The minimum absolute atomic E-state index is 0.146. The lowest BCUT2D eigenvalue weighted by atomic mass is 10.1. The molecule has 0 spiro atoms. The molecular formula is C16H16ClNO2. The van der Waals surface area contributed by atoms with Crippen molar-refractivity contribution in [3.63, 3.8) is 0 Å². The lowest BCUT2D eigenvalue weighted by Crippen LogP contribution is -2.28. The lowest BCUT2D eigenvalue weighted by molar-refractivity contribution is 0.0916. The smallest absolute Gasteiger partial charge is 0.252 e. The first-order chi connectivity index (χ1) is 9.58. The van der Waals surface area contributed by atoms with Crippen molar-refractivity contribution < 1.29 is 9.90 Å². The molecule has 0 aliphatic carbocycles. The van der Waals surface area contributed by atoms with E-state index in [1.165, 1.54) is 0 Å². The fraction of sp³-hybridized carbons (Fsp3) is 0.188. The number of aliphatic hydroxyl groups is 1. The molecule has 2 rings (SSSR count). The SMILES string of the molecule is Cc1ccc(C(=O)NCC(O)c2ccccc2)c(Cl)c1. The number of rotatable bonds is 4. The first-order valence-electron chi connectivity index (χ1n) is 6.35. The molecule has 0 aliphatic rings. The molecule has 2 aromatic rings. The van der Waals surface area contributed by atoms with Crippen molar-refractivity contribution in [3.8, 4) is 0 Å². The van der Waals surface area contributed by atoms with E-state index in [2.05, 4.69) is 5.32 Å². The quantitative estimate of drug-likeness (QED) is 0.908. The molecule has 0 aliphatic heterocycles. The second-order valence-corrected chi connectivity index (χ2v) is 5.03. The summed E-state index contributed by atoms with van der Waals surface area (Å²) in [6.45, 7) is 2.06. The van der Waals surface area contributed by atoms with E-state index in [-0.39, 0.29) is 12.5 Å². The Kier molecular flexibility index (Phi) is 4.77. The normalized spacial score (nSPS) is 11.9. The van der Waals surface area contributed by atoms with Gasteiger partial charge in [0.1, 0.15) is 0 Å². The molecule has 2 aromatic carbocycles. The number of halogens is 1. The maximum absolute atomic E-state index is 12.0. The summed E-state index contributed by atoms with van der Waals surface area (Å²) in [5.74, 6) is -0.287. The Balaban J connectivity index is 1.99. The van der Waals surface area contributed by atoms with Crippen molar-refractivity contribution in [2.24, 2.45) is 0 Å². The van der Waals surface area contributed by atoms with E-state index in [0.29, 0.717) is 10.6 Å². The number of hydrogen-bond acceptors (Lipinski definition) is 2. The highest BCUT2D eigenvalue weighted by molar-refractivity contribution is 6.33. The Labute approximate surface area is 123 Å². The molecule has 0 fully saturated rings. The van der Waals surface area contributed by atoms with Crippen LogP contribution in [0.15, 0.2) is 48.5 Å². The average molecular weight is 290 g/mol. The first-order valence-corrected chi connectivity index (χ1v) is 6.73. The maximum atomic E-state index is 12.0. The van der Waals surface area contributed by atoms with Crippen LogP contribution in [0.4, 0.5) is 0 Å². The number of aryl methyl sites for hydroxylation is 1. The Bertz CT molecular complexity index is 599. The van der Waals surface area contributed by atoms with E-state index in [9.17, 15) is 9.90 Å². The van der Waals surface area contributed by atoms with Gasteiger partial charge in [-0.25, -0.2) is 0 Å². The van der Waals surface area contributed by atoms with Crippen molar-refractivity contribution in [1.82, 2.24) is 5.32 Å². The third-order valence-electron chi connectivity index (χ3n) is 3.01. The van der Waals surface area contributed by atoms with Crippen LogP contribution in [-0.2, 0) is 0 Å². The van der Waals surface area contributed by atoms with Crippen molar-refractivity contribution in [2.75, 3.05) is 6.54 Å². The monoisotopic (exact) mass is 289 g/mol. The fourth-order valence-corrected chi connectivity index (χ4v) is 2.20. The van der Waals surface area contributed by atoms with E-state index < -0.39 is 6.10 Å². The Morgan fingerprint density at radius 2 is 1.95 bits per heavy atom. The molecule has 0 heterocycles. The number of carbonyl (C=O) groups is 1. The van der Waals surface area contributed by atoms with Gasteiger partial charge in [-0.3, -0.25) is 4.79 Å². The third kappa shape index (κ3) is 3.59. The number of aliphatic hydroxyl groups excluding tert-OH is 1. The van der Waals surface area contributed by atoms with Crippen LogP contribution in [0.25, 0.3) is 0 Å². The second-order valence-electron chi connectivity index (χ2n) is 4.62. The molecule has 3 nitrogen and oxygen atoms in total. The standard InChI is InChI=1S/C16H16ClNO2/c1-11-7-8-13(14(17)9-11)16(20)18-10-15(19)12-5-3-2-4-6-12/h2-9,15,19H,10H2,1H3,(H,18,20). The minimum atomic E-state index is -0.732. The van der Waals surface area contributed by atoms with Gasteiger partial charge in [0, 0.05) is 6.54 Å². The molecule has 0 saturated heterocycles. The van der Waals surface area contributed by atoms with Gasteiger partial charge in [-0.05, 0) is 30.2 Å². The number of benzene rings is 2. The molecule has 1 unspecified atom stereocenters. The highest BCUT2D eigenvalue weighted by atomic mass is 35.5. The fourth-order valence-electron chi connectivity index (χ4n) is 1.88. The summed E-state index contributed by atoms with van der Waals surface area (Å²) in [5, 5.41) is 13.1. The number of nitrogens with one attached hydrogen (secondary N) is 1. The maximum Gasteiger partial charge on any atom is 0.252 e. The zero-order valence-corrected chi connectivity index (χ0v) is 11.9. The Morgan fingerprint density at radius 1 is 1.25 bits per heavy atom. The van der Waals surface area contributed by atoms with E-state index in [4.69, 9.17) is 11.6 Å². The van der Waals surface area contributed by atoms with Gasteiger partial charge in [0.15, 0.2) is 0 Å². The van der Waals surface area contributed by atoms with E-state index in [1.54, 1.807) is 12.1 Å². The number of hydrogen-bond donors (Lipinski definition) is 2. The Morgan fingerprint density at radius 3 is 2.60 bits per heavy atom. The van der Waals surface area contributed by atoms with Crippen LogP contribution >= 0.6 is 11.6 Å². The second kappa shape index (κ2) is 6.55. The summed E-state index contributed by atoms with van der Waals surface area (Å²) in [5.41, 5.74) is 2.18. The summed E-state index contributed by atoms with van der Waals surface area (Å²) in [7, 11) is 0. The van der Waals surface area contributed by atoms with Crippen molar-refractivity contribution >= 4 is 17.5 Å². The van der Waals surface area contributed by atoms with Crippen molar-refractivity contribution in [2.45, 2.75) is 13.0 Å². The molecule has 1 amide bonds. The van der Waals surface area contributed by atoms with Crippen LogP contribution in [0.2, 0.25) is 5.02 Å². The zero-order valence-electron chi connectivity index (χ0n) is 11.1. The van der Waals surface area contributed by atoms with Crippen LogP contribution in [0, 0.1) is 6.92 Å². The van der Waals surface area contributed by atoms with Gasteiger partial charge >= 0.3 is 0 Å². The summed E-state index contributed by atoms with van der Waals surface area (Å²) < 4.78 is 0. The minimum Gasteiger partial charge on any atom is -0.387 e. The van der Waals surface area contributed by atoms with Crippen LogP contribution in [0.1, 0.15) is 27.6 Å². The predicted octanol–water partition coefficient (Wildman–Crippen LogP) is 3.11. The van der Waals surface area contributed by atoms with Gasteiger partial charge in [-0.2, -0.15) is 0 Å². The average Bonchev–Trinajstić information content (AvgIpc) is 2.45. The van der Waals surface area contributed by atoms with Gasteiger partial charge in [-0.1, -0.05) is 48.0 Å². The van der Waals surface area contributed by atoms with Gasteiger partial charge in [0.25, 0.3) is 5.91 Å². The van der Waals surface area contributed by atoms with Crippen LogP contribution in [-0.4, -0.2) is 17.6 Å². The van der Waals surface area contributed by atoms with Crippen LogP contribution < -0.4 is 5.32 Å². The molecular weight excluding hydrogens is 274 g/mol. The van der Waals surface area contributed by atoms with Gasteiger partial charge in [0.05, 0.1) is 16.7 Å². The van der Waals surface area contributed by atoms with Gasteiger partial charge < -0.3 is 10.4 Å². The molecule has 0 saturated carbocycles. The molecule has 0 bridgehead atoms. The highest BCUT2D eigenvalue weighted by Crippen LogP contribution is 2.18. The van der Waals surface area contributed by atoms with Crippen molar-refractivity contribution in [3.05, 3.63) is 70.2 Å². The highest BCUT2D eigenvalue weighted by Gasteiger charge is 2.13. The molecule has 0 aromatic heterocycles. The van der Waals surface area contributed by atoms with E-state index in [0.717, 1.165) is 11.1 Å². The van der Waals surface area contributed by atoms with Crippen LogP contribution in [0.3, 0.4) is 0 Å². The number of carbonyl (C=O) groups excluding carboxylic acids is 1.